The van der Waals surface area contributed by atoms with Crippen LogP contribution in [0.5, 0.6) is 5.88 Å². The lowest BCUT2D eigenvalue weighted by molar-refractivity contribution is 0.398. The van der Waals surface area contributed by atoms with Crippen molar-refractivity contribution in [3.8, 4) is 17.1 Å². The lowest BCUT2D eigenvalue weighted by Crippen LogP contribution is -1.93. The van der Waals surface area contributed by atoms with E-state index in [0.717, 1.165) is 17.1 Å². The first kappa shape index (κ1) is 10.4. The monoisotopic (exact) mass is 215 g/mol. The molecule has 0 atom stereocenters. The molecule has 0 aliphatic heterocycles. The summed E-state index contributed by atoms with van der Waals surface area (Å²) >= 11 is 0. The van der Waals surface area contributed by atoms with Crippen molar-refractivity contribution in [2.75, 3.05) is 19.5 Å². The largest absolute Gasteiger partial charge is 0.481 e. The molecule has 0 bridgehead atoms. The first-order valence-electron chi connectivity index (χ1n) is 4.98. The Balaban J connectivity index is 2.34. The van der Waals surface area contributed by atoms with Crippen LogP contribution in [0.1, 0.15) is 0 Å². The van der Waals surface area contributed by atoms with Gasteiger partial charge in [0.25, 0.3) is 0 Å². The van der Waals surface area contributed by atoms with E-state index in [-0.39, 0.29) is 0 Å². The maximum absolute atomic E-state index is 5.01. The van der Waals surface area contributed by atoms with Gasteiger partial charge < -0.3 is 10.1 Å². The SMILES string of the molecule is CNc1cccc(-c2ccc(OC)nc2)n1. The molecule has 0 unspecified atom stereocenters. The van der Waals surface area contributed by atoms with Crippen LogP contribution in [0.2, 0.25) is 0 Å². The molecule has 2 rings (SSSR count). The number of nitrogens with zero attached hydrogens (tertiary/aromatic N) is 2. The number of hydrogen-bond acceptors (Lipinski definition) is 4. The Morgan fingerprint density at radius 2 is 2.06 bits per heavy atom. The lowest BCUT2D eigenvalue weighted by Gasteiger charge is -2.04. The zero-order valence-corrected chi connectivity index (χ0v) is 9.27. The maximum atomic E-state index is 5.01. The van der Waals surface area contributed by atoms with Crippen molar-refractivity contribution in [2.24, 2.45) is 0 Å². The molecule has 0 radical (unpaired) electrons. The summed E-state index contributed by atoms with van der Waals surface area (Å²) in [5.74, 6) is 1.45. The molecule has 2 aromatic heterocycles. The van der Waals surface area contributed by atoms with Crippen LogP contribution in [0.25, 0.3) is 11.3 Å². The highest BCUT2D eigenvalue weighted by Gasteiger charge is 2.01. The van der Waals surface area contributed by atoms with Gasteiger partial charge in [0, 0.05) is 24.9 Å². The highest BCUT2D eigenvalue weighted by Crippen LogP contribution is 2.19. The Morgan fingerprint density at radius 1 is 1.19 bits per heavy atom. The van der Waals surface area contributed by atoms with Crippen molar-refractivity contribution in [3.05, 3.63) is 36.5 Å². The minimum atomic E-state index is 0.605. The van der Waals surface area contributed by atoms with Crippen LogP contribution in [0.3, 0.4) is 0 Å². The number of nitrogens with one attached hydrogen (secondary N) is 1. The number of anilines is 1. The Labute approximate surface area is 94.3 Å². The molecular formula is C12H13N3O. The minimum absolute atomic E-state index is 0.605. The Hall–Kier alpha value is -2.10. The van der Waals surface area contributed by atoms with Gasteiger partial charge in [0.1, 0.15) is 5.82 Å². The average Bonchev–Trinajstić information content (AvgIpc) is 2.39. The van der Waals surface area contributed by atoms with Gasteiger partial charge in [-0.25, -0.2) is 9.97 Å². The highest BCUT2D eigenvalue weighted by molar-refractivity contribution is 5.60. The molecule has 2 heterocycles. The summed E-state index contributed by atoms with van der Waals surface area (Å²) in [6, 6.07) is 9.58. The van der Waals surface area contributed by atoms with E-state index in [1.807, 2.05) is 37.4 Å². The Kier molecular flexibility index (Phi) is 3.00. The van der Waals surface area contributed by atoms with Gasteiger partial charge >= 0.3 is 0 Å². The molecule has 82 valence electrons. The van der Waals surface area contributed by atoms with E-state index in [0.29, 0.717) is 5.88 Å². The quantitative estimate of drug-likeness (QED) is 0.852. The zero-order valence-electron chi connectivity index (χ0n) is 9.27. The number of aromatic nitrogens is 2. The number of methoxy groups -OCH3 is 1. The fourth-order valence-electron chi connectivity index (χ4n) is 1.39. The van der Waals surface area contributed by atoms with Crippen LogP contribution in [0.4, 0.5) is 5.82 Å². The third-order valence-electron chi connectivity index (χ3n) is 2.25. The van der Waals surface area contributed by atoms with E-state index in [1.54, 1.807) is 13.3 Å². The second-order valence-corrected chi connectivity index (χ2v) is 3.25. The van der Waals surface area contributed by atoms with Gasteiger partial charge in [-0.15, -0.1) is 0 Å². The fourth-order valence-corrected chi connectivity index (χ4v) is 1.39. The van der Waals surface area contributed by atoms with Crippen molar-refractivity contribution in [2.45, 2.75) is 0 Å². The molecule has 0 aliphatic carbocycles. The summed E-state index contributed by atoms with van der Waals surface area (Å²) < 4.78 is 5.01. The third-order valence-corrected chi connectivity index (χ3v) is 2.25. The van der Waals surface area contributed by atoms with E-state index in [9.17, 15) is 0 Å². The second kappa shape index (κ2) is 4.61. The molecule has 0 spiro atoms. The van der Waals surface area contributed by atoms with Gasteiger partial charge in [0.15, 0.2) is 0 Å². The van der Waals surface area contributed by atoms with Crippen LogP contribution in [-0.4, -0.2) is 24.1 Å². The maximum Gasteiger partial charge on any atom is 0.212 e. The predicted octanol–water partition coefficient (Wildman–Crippen LogP) is 2.19. The lowest BCUT2D eigenvalue weighted by atomic mass is 10.2. The Bertz CT molecular complexity index is 468. The molecular weight excluding hydrogens is 202 g/mol. The topological polar surface area (TPSA) is 47.0 Å². The number of rotatable bonds is 3. The second-order valence-electron chi connectivity index (χ2n) is 3.25. The predicted molar refractivity (Wildman–Crippen MR) is 63.6 cm³/mol. The standard InChI is InChI=1S/C12H13N3O/c1-13-11-5-3-4-10(15-11)9-6-7-12(16-2)14-8-9/h3-8H,1-2H3,(H,13,15). The first-order valence-corrected chi connectivity index (χ1v) is 4.98. The van der Waals surface area contributed by atoms with Gasteiger partial charge in [-0.05, 0) is 18.2 Å². The van der Waals surface area contributed by atoms with Crippen LogP contribution in [0.15, 0.2) is 36.5 Å². The molecule has 0 amide bonds. The molecule has 4 nitrogen and oxygen atoms in total. The summed E-state index contributed by atoms with van der Waals surface area (Å²) in [5, 5.41) is 3.00. The van der Waals surface area contributed by atoms with Gasteiger partial charge in [-0.1, -0.05) is 6.07 Å². The van der Waals surface area contributed by atoms with Gasteiger partial charge in [0.2, 0.25) is 5.88 Å². The molecule has 0 aromatic carbocycles. The molecule has 0 aliphatic rings. The molecule has 1 N–H and O–H groups in total. The van der Waals surface area contributed by atoms with Crippen molar-refractivity contribution in [1.29, 1.82) is 0 Å². The van der Waals surface area contributed by atoms with E-state index in [4.69, 9.17) is 4.74 Å². The van der Waals surface area contributed by atoms with Crippen molar-refractivity contribution in [1.82, 2.24) is 9.97 Å². The number of hydrogen-bond donors (Lipinski definition) is 1. The summed E-state index contributed by atoms with van der Waals surface area (Å²) in [4.78, 5) is 8.57. The van der Waals surface area contributed by atoms with Gasteiger partial charge in [-0.2, -0.15) is 0 Å². The van der Waals surface area contributed by atoms with Crippen LogP contribution >= 0.6 is 0 Å². The third kappa shape index (κ3) is 2.11. The molecule has 0 saturated carbocycles. The average molecular weight is 215 g/mol. The van der Waals surface area contributed by atoms with Crippen molar-refractivity contribution < 1.29 is 4.74 Å². The zero-order chi connectivity index (χ0) is 11.4. The van der Waals surface area contributed by atoms with E-state index >= 15 is 0 Å². The summed E-state index contributed by atoms with van der Waals surface area (Å²) in [5.41, 5.74) is 1.86. The Morgan fingerprint density at radius 3 is 2.69 bits per heavy atom. The fraction of sp³-hybridized carbons (Fsp3) is 0.167. The summed E-state index contributed by atoms with van der Waals surface area (Å²) in [6.45, 7) is 0. The van der Waals surface area contributed by atoms with Crippen molar-refractivity contribution >= 4 is 5.82 Å². The first-order chi connectivity index (χ1) is 7.83. The van der Waals surface area contributed by atoms with E-state index in [1.165, 1.54) is 0 Å². The van der Waals surface area contributed by atoms with Crippen LogP contribution < -0.4 is 10.1 Å². The van der Waals surface area contributed by atoms with Gasteiger partial charge in [-0.3, -0.25) is 0 Å². The van der Waals surface area contributed by atoms with E-state index < -0.39 is 0 Å². The van der Waals surface area contributed by atoms with E-state index in [2.05, 4.69) is 15.3 Å². The number of pyridine rings is 2. The highest BCUT2D eigenvalue weighted by atomic mass is 16.5. The van der Waals surface area contributed by atoms with Gasteiger partial charge in [0.05, 0.1) is 12.8 Å². The molecule has 0 saturated heterocycles. The van der Waals surface area contributed by atoms with Crippen LogP contribution in [0, 0.1) is 0 Å². The molecule has 0 fully saturated rings. The van der Waals surface area contributed by atoms with Crippen LogP contribution in [-0.2, 0) is 0 Å². The molecule has 2 aromatic rings. The van der Waals surface area contributed by atoms with Crippen molar-refractivity contribution in [3.63, 3.8) is 0 Å². The normalized spacial score (nSPS) is 9.88. The number of ether oxygens (including phenoxy) is 1. The minimum Gasteiger partial charge on any atom is -0.481 e. The molecule has 4 heteroatoms. The smallest absolute Gasteiger partial charge is 0.212 e. The summed E-state index contributed by atoms with van der Waals surface area (Å²) in [6.07, 6.45) is 1.75. The molecule has 16 heavy (non-hydrogen) atoms. The summed E-state index contributed by atoms with van der Waals surface area (Å²) in [7, 11) is 3.44.